The van der Waals surface area contributed by atoms with Crippen LogP contribution in [0.4, 0.5) is 4.79 Å². The van der Waals surface area contributed by atoms with E-state index in [1.54, 1.807) is 7.11 Å². The summed E-state index contributed by atoms with van der Waals surface area (Å²) >= 11 is 0. The molecule has 0 radical (unpaired) electrons. The summed E-state index contributed by atoms with van der Waals surface area (Å²) in [4.78, 5) is 16.4. The number of rotatable bonds is 9. The quantitative estimate of drug-likeness (QED) is 0.183. The summed E-state index contributed by atoms with van der Waals surface area (Å²) in [5, 5.41) is 17.6. The van der Waals surface area contributed by atoms with Gasteiger partial charge < -0.3 is 30.0 Å². The van der Waals surface area contributed by atoms with Gasteiger partial charge in [0.1, 0.15) is 17.2 Å². The lowest BCUT2D eigenvalue weighted by molar-refractivity contribution is 0.0527. The lowest BCUT2D eigenvalue weighted by Crippen LogP contribution is -2.39. The van der Waals surface area contributed by atoms with Crippen LogP contribution in [0, 0.1) is 6.92 Å². The average Bonchev–Trinajstić information content (AvgIpc) is 3.06. The van der Waals surface area contributed by atoms with Crippen molar-refractivity contribution in [2.75, 3.05) is 20.2 Å². The lowest BCUT2D eigenvalue weighted by atomic mass is 10.2. The van der Waals surface area contributed by atoms with Crippen molar-refractivity contribution in [1.82, 2.24) is 30.7 Å². The highest BCUT2D eigenvalue weighted by atomic mass is 127. The molecule has 2 aromatic rings. The van der Waals surface area contributed by atoms with Crippen LogP contribution in [0.1, 0.15) is 44.4 Å². The highest BCUT2D eigenvalue weighted by Gasteiger charge is 2.15. The van der Waals surface area contributed by atoms with Crippen LogP contribution >= 0.6 is 24.0 Å². The molecule has 33 heavy (non-hydrogen) atoms. The fourth-order valence-electron chi connectivity index (χ4n) is 2.64. The van der Waals surface area contributed by atoms with Gasteiger partial charge in [0.05, 0.1) is 20.2 Å². The predicted octanol–water partition coefficient (Wildman–Crippen LogP) is 2.90. The van der Waals surface area contributed by atoms with Crippen LogP contribution in [0.5, 0.6) is 5.75 Å². The Morgan fingerprint density at radius 2 is 1.76 bits per heavy atom. The summed E-state index contributed by atoms with van der Waals surface area (Å²) in [7, 11) is 3.57. The van der Waals surface area contributed by atoms with E-state index < -0.39 is 11.7 Å². The van der Waals surface area contributed by atoms with Crippen molar-refractivity contribution in [1.29, 1.82) is 0 Å². The number of nitrogens with one attached hydrogen (secondary N) is 3. The number of alkyl carbamates (subject to hydrolysis) is 1. The number of benzene rings is 1. The molecule has 1 aromatic carbocycles. The summed E-state index contributed by atoms with van der Waals surface area (Å²) in [6, 6.07) is 7.79. The van der Waals surface area contributed by atoms with Crippen LogP contribution in [0.15, 0.2) is 29.3 Å². The Morgan fingerprint density at radius 3 is 2.33 bits per heavy atom. The second-order valence-electron chi connectivity index (χ2n) is 8.30. The first-order valence-electron chi connectivity index (χ1n) is 10.6. The van der Waals surface area contributed by atoms with E-state index in [-0.39, 0.29) is 24.0 Å². The summed E-state index contributed by atoms with van der Waals surface area (Å²) in [6.07, 6.45) is 0.299. The maximum Gasteiger partial charge on any atom is 0.407 e. The number of nitrogens with zero attached hydrogens (tertiary/aromatic N) is 4. The molecule has 0 aliphatic heterocycles. The number of hydrogen-bond acceptors (Lipinski definition) is 6. The Kier molecular flexibility index (Phi) is 12.0. The first kappa shape index (κ1) is 28.5. The van der Waals surface area contributed by atoms with Crippen LogP contribution in [0.3, 0.4) is 0 Å². The molecule has 1 amide bonds. The minimum absolute atomic E-state index is 0. The number of carbonyl (C=O) groups excluding carboxylic acids is 1. The van der Waals surface area contributed by atoms with Crippen molar-refractivity contribution in [3.8, 4) is 5.75 Å². The fourth-order valence-corrected chi connectivity index (χ4v) is 2.64. The van der Waals surface area contributed by atoms with Gasteiger partial charge in [-0.1, -0.05) is 12.1 Å². The van der Waals surface area contributed by atoms with Crippen molar-refractivity contribution >= 4 is 36.0 Å². The van der Waals surface area contributed by atoms with Gasteiger partial charge in [-0.15, -0.1) is 34.2 Å². The number of carbonyl (C=O) groups is 1. The van der Waals surface area contributed by atoms with Crippen LogP contribution in [0.25, 0.3) is 0 Å². The predicted molar refractivity (Wildman–Crippen MR) is 139 cm³/mol. The second-order valence-corrected chi connectivity index (χ2v) is 8.30. The van der Waals surface area contributed by atoms with Crippen LogP contribution in [0.2, 0.25) is 0 Å². The Labute approximate surface area is 213 Å². The molecule has 2 rings (SSSR count). The van der Waals surface area contributed by atoms with Crippen molar-refractivity contribution in [3.63, 3.8) is 0 Å². The fraction of sp³-hybridized carbons (Fsp3) is 0.545. The maximum absolute atomic E-state index is 11.7. The molecule has 0 atom stereocenters. The summed E-state index contributed by atoms with van der Waals surface area (Å²) in [5.74, 6) is 3.12. The molecule has 10 nitrogen and oxygen atoms in total. The molecule has 1 aromatic heterocycles. The SMILES string of the molecule is COc1ccc(CN=C(NCCCNC(=O)OC(C)(C)C)NCc2nnc(C)n2C)cc1.I. The van der Waals surface area contributed by atoms with Gasteiger partial charge in [0, 0.05) is 20.1 Å². The van der Waals surface area contributed by atoms with Crippen LogP contribution in [-0.2, 0) is 24.9 Å². The van der Waals surface area contributed by atoms with Gasteiger partial charge in [-0.3, -0.25) is 0 Å². The third-order valence-corrected chi connectivity index (χ3v) is 4.49. The molecule has 0 saturated carbocycles. The number of aliphatic imine (C=N–C) groups is 1. The number of halogens is 1. The van der Waals surface area contributed by atoms with E-state index in [1.807, 2.05) is 63.6 Å². The maximum atomic E-state index is 11.7. The summed E-state index contributed by atoms with van der Waals surface area (Å²) in [5.41, 5.74) is 0.555. The monoisotopic (exact) mass is 573 g/mol. The third-order valence-electron chi connectivity index (χ3n) is 4.49. The van der Waals surface area contributed by atoms with Gasteiger partial charge in [-0.05, 0) is 51.8 Å². The van der Waals surface area contributed by atoms with E-state index in [2.05, 4.69) is 31.1 Å². The van der Waals surface area contributed by atoms with E-state index >= 15 is 0 Å². The van der Waals surface area contributed by atoms with Gasteiger partial charge >= 0.3 is 6.09 Å². The molecule has 0 aliphatic carbocycles. The Bertz CT molecular complexity index is 892. The summed E-state index contributed by atoms with van der Waals surface area (Å²) < 4.78 is 12.4. The number of aromatic nitrogens is 3. The number of aryl methyl sites for hydroxylation is 1. The average molecular weight is 573 g/mol. The standard InChI is InChI=1S/C22H35N7O3.HI/c1-16-27-28-19(29(16)5)15-26-20(25-14-17-8-10-18(31-6)11-9-17)23-12-7-13-24-21(30)32-22(2,3)4;/h8-11H,7,12-15H2,1-6H3,(H,24,30)(H2,23,25,26);1H. The zero-order valence-corrected chi connectivity index (χ0v) is 22.6. The number of guanidine groups is 1. The third kappa shape index (κ3) is 10.7. The van der Waals surface area contributed by atoms with E-state index in [0.717, 1.165) is 23.0 Å². The zero-order valence-electron chi connectivity index (χ0n) is 20.3. The Morgan fingerprint density at radius 1 is 1.09 bits per heavy atom. The molecule has 0 fully saturated rings. The van der Waals surface area contributed by atoms with Gasteiger partial charge in [0.2, 0.25) is 0 Å². The molecular weight excluding hydrogens is 537 g/mol. The molecular formula is C22H36IN7O3. The first-order chi connectivity index (χ1) is 15.2. The number of methoxy groups -OCH3 is 1. The zero-order chi connectivity index (χ0) is 23.6. The number of amides is 1. The van der Waals surface area contributed by atoms with Crippen LogP contribution in [-0.4, -0.2) is 52.6 Å². The van der Waals surface area contributed by atoms with Crippen molar-refractivity contribution in [3.05, 3.63) is 41.5 Å². The largest absolute Gasteiger partial charge is 0.497 e. The molecule has 0 saturated heterocycles. The van der Waals surface area contributed by atoms with Gasteiger partial charge in [0.25, 0.3) is 0 Å². The summed E-state index contributed by atoms with van der Waals surface area (Å²) in [6.45, 7) is 9.54. The molecule has 3 N–H and O–H groups in total. The molecule has 0 unspecified atom stereocenters. The van der Waals surface area contributed by atoms with Crippen molar-refractivity contribution in [2.24, 2.45) is 12.0 Å². The minimum Gasteiger partial charge on any atom is -0.497 e. The number of hydrogen-bond donors (Lipinski definition) is 3. The Hall–Kier alpha value is -2.57. The lowest BCUT2D eigenvalue weighted by Gasteiger charge is -2.19. The molecule has 184 valence electrons. The highest BCUT2D eigenvalue weighted by Crippen LogP contribution is 2.12. The molecule has 0 bridgehead atoms. The van der Waals surface area contributed by atoms with E-state index in [1.165, 1.54) is 0 Å². The van der Waals surface area contributed by atoms with E-state index in [4.69, 9.17) is 9.47 Å². The first-order valence-corrected chi connectivity index (χ1v) is 10.6. The van der Waals surface area contributed by atoms with E-state index in [9.17, 15) is 4.79 Å². The molecule has 0 aliphatic rings. The number of ether oxygens (including phenoxy) is 2. The smallest absolute Gasteiger partial charge is 0.407 e. The Balaban J connectivity index is 0.00000544. The molecule has 11 heteroatoms. The van der Waals surface area contributed by atoms with Crippen molar-refractivity contribution in [2.45, 2.75) is 52.8 Å². The van der Waals surface area contributed by atoms with Crippen LogP contribution < -0.4 is 20.7 Å². The van der Waals surface area contributed by atoms with Gasteiger partial charge in [0.15, 0.2) is 11.8 Å². The molecule has 0 spiro atoms. The normalized spacial score (nSPS) is 11.4. The van der Waals surface area contributed by atoms with Crippen molar-refractivity contribution < 1.29 is 14.3 Å². The van der Waals surface area contributed by atoms with E-state index in [0.29, 0.717) is 38.6 Å². The second kappa shape index (κ2) is 13.9. The molecule has 1 heterocycles. The topological polar surface area (TPSA) is 115 Å². The highest BCUT2D eigenvalue weighted by molar-refractivity contribution is 14.0. The minimum atomic E-state index is -0.508. The van der Waals surface area contributed by atoms with Gasteiger partial charge in [-0.25, -0.2) is 9.79 Å². The van der Waals surface area contributed by atoms with Gasteiger partial charge in [-0.2, -0.15) is 0 Å².